The fourth-order valence-electron chi connectivity index (χ4n) is 3.70. The van der Waals surface area contributed by atoms with Gasteiger partial charge in [-0.3, -0.25) is 0 Å². The molecular formula is C25H24F4N6O3S2. The summed E-state index contributed by atoms with van der Waals surface area (Å²) in [4.78, 5) is 7.99. The van der Waals surface area contributed by atoms with Crippen molar-refractivity contribution in [3.8, 4) is 11.8 Å². The van der Waals surface area contributed by atoms with Crippen molar-refractivity contribution in [3.05, 3.63) is 65.6 Å². The van der Waals surface area contributed by atoms with Gasteiger partial charge < -0.3 is 10.6 Å². The van der Waals surface area contributed by atoms with Crippen molar-refractivity contribution in [3.63, 3.8) is 0 Å². The molecule has 1 aliphatic rings. The van der Waals surface area contributed by atoms with Gasteiger partial charge in [0.05, 0.1) is 27.1 Å². The molecular weight excluding hydrogens is 572 g/mol. The van der Waals surface area contributed by atoms with Crippen LogP contribution in [0.3, 0.4) is 0 Å². The zero-order valence-electron chi connectivity index (χ0n) is 20.8. The summed E-state index contributed by atoms with van der Waals surface area (Å²) in [5.41, 5.74) is -0.314. The van der Waals surface area contributed by atoms with Crippen molar-refractivity contribution in [2.75, 3.05) is 29.5 Å². The highest BCUT2D eigenvalue weighted by Gasteiger charge is 2.33. The highest BCUT2D eigenvalue weighted by atomic mass is 32.2. The van der Waals surface area contributed by atoms with Crippen LogP contribution in [0.15, 0.2) is 58.5 Å². The molecule has 0 radical (unpaired) electrons. The lowest BCUT2D eigenvalue weighted by Crippen LogP contribution is -2.26. The van der Waals surface area contributed by atoms with Gasteiger partial charge in [-0.15, -0.1) is 0 Å². The van der Waals surface area contributed by atoms with Crippen LogP contribution in [0.5, 0.6) is 0 Å². The van der Waals surface area contributed by atoms with Gasteiger partial charge in [0, 0.05) is 35.8 Å². The zero-order valence-corrected chi connectivity index (χ0v) is 22.4. The lowest BCUT2D eigenvalue weighted by Gasteiger charge is -2.11. The van der Waals surface area contributed by atoms with Crippen LogP contribution < -0.4 is 15.4 Å². The van der Waals surface area contributed by atoms with E-state index in [0.29, 0.717) is 53.5 Å². The molecule has 212 valence electrons. The Kier molecular flexibility index (Phi) is 8.62. The number of fused-ring (bicyclic) bond motifs is 4. The number of hydrogen-bond acceptors (Lipinski definition) is 8. The lowest BCUT2D eigenvalue weighted by molar-refractivity contribution is -0.137. The van der Waals surface area contributed by atoms with Crippen LogP contribution in [0.25, 0.3) is 0 Å². The third-order valence-electron chi connectivity index (χ3n) is 5.72. The number of sulfonamides is 1. The van der Waals surface area contributed by atoms with Gasteiger partial charge in [-0.25, -0.2) is 31.5 Å². The van der Waals surface area contributed by atoms with Crippen molar-refractivity contribution in [1.82, 2.24) is 14.7 Å². The summed E-state index contributed by atoms with van der Waals surface area (Å²) in [7, 11) is -7.51. The molecule has 0 spiro atoms. The topological polar surface area (TPSA) is 137 Å². The molecule has 1 unspecified atom stereocenters. The van der Waals surface area contributed by atoms with Crippen LogP contribution >= 0.6 is 0 Å². The summed E-state index contributed by atoms with van der Waals surface area (Å²) >= 11 is 0. The standard InChI is InChI=1S/C25H24F4N6O3S2/c26-21-10-9-18(25(27,28)29)14-22(21)40(37,38)33-12-2-1-6-17-16-32-24-34-19-7-5-8-20(15-19)39(30,36)13-4-3-11-31-23(17)35-24/h5,7-10,14-16,30,33H,2-4,11-13H2,(H2,31,32,34,35). The van der Waals surface area contributed by atoms with Crippen LogP contribution in [0.2, 0.25) is 0 Å². The number of nitrogens with one attached hydrogen (secondary N) is 4. The summed E-state index contributed by atoms with van der Waals surface area (Å²) in [6.07, 6.45) is -2.25. The molecule has 0 aliphatic carbocycles. The minimum Gasteiger partial charge on any atom is -0.369 e. The second kappa shape index (κ2) is 11.8. The molecule has 3 aromatic rings. The molecule has 9 nitrogen and oxygen atoms in total. The van der Waals surface area contributed by atoms with Crippen molar-refractivity contribution in [2.24, 2.45) is 0 Å². The monoisotopic (exact) mass is 596 g/mol. The van der Waals surface area contributed by atoms with Crippen molar-refractivity contribution in [2.45, 2.75) is 35.2 Å². The maximum absolute atomic E-state index is 14.0. The first-order chi connectivity index (χ1) is 18.8. The molecule has 2 aromatic carbocycles. The predicted octanol–water partition coefficient (Wildman–Crippen LogP) is 4.71. The fourth-order valence-corrected chi connectivity index (χ4v) is 6.30. The largest absolute Gasteiger partial charge is 0.416 e. The summed E-state index contributed by atoms with van der Waals surface area (Å²) in [5.74, 6) is 5.12. The van der Waals surface area contributed by atoms with Crippen LogP contribution in [-0.4, -0.2) is 41.4 Å². The number of rotatable bonds is 4. The number of halogens is 4. The SMILES string of the molecule is N=S1(=O)CCCCNc2nc(ncc2C#CCCNS(=O)(=O)c2cc(C(F)(F)F)ccc2F)Nc2cccc1c2. The third kappa shape index (κ3) is 7.26. The molecule has 40 heavy (non-hydrogen) atoms. The maximum atomic E-state index is 14.0. The van der Waals surface area contributed by atoms with E-state index >= 15 is 0 Å². The molecule has 0 fully saturated rings. The number of alkyl halides is 3. The summed E-state index contributed by atoms with van der Waals surface area (Å²) in [5, 5.41) is 6.16. The lowest BCUT2D eigenvalue weighted by atomic mass is 10.2. The summed E-state index contributed by atoms with van der Waals surface area (Å²) < 4.78 is 101. The molecule has 2 heterocycles. The zero-order chi connectivity index (χ0) is 29.0. The minimum atomic E-state index is -4.83. The van der Waals surface area contributed by atoms with E-state index in [0.717, 1.165) is 0 Å². The molecule has 0 amide bonds. The van der Waals surface area contributed by atoms with Crippen molar-refractivity contribution in [1.29, 1.82) is 4.78 Å². The number of nitrogens with zero attached hydrogens (tertiary/aromatic N) is 2. The minimum absolute atomic E-state index is 0.0378. The molecule has 1 aromatic heterocycles. The summed E-state index contributed by atoms with van der Waals surface area (Å²) in [6, 6.07) is 7.87. The highest BCUT2D eigenvalue weighted by Crippen LogP contribution is 2.31. The van der Waals surface area contributed by atoms with Crippen molar-refractivity contribution >= 4 is 37.2 Å². The van der Waals surface area contributed by atoms with E-state index in [4.69, 9.17) is 4.78 Å². The molecule has 0 saturated heterocycles. The van der Waals surface area contributed by atoms with Gasteiger partial charge in [-0.2, -0.15) is 18.2 Å². The van der Waals surface area contributed by atoms with E-state index in [9.17, 15) is 30.2 Å². The van der Waals surface area contributed by atoms with Crippen LogP contribution in [0, 0.1) is 22.4 Å². The molecule has 4 rings (SSSR count). The van der Waals surface area contributed by atoms with Crippen LogP contribution in [0.4, 0.5) is 35.0 Å². The number of benzene rings is 2. The molecule has 0 saturated carbocycles. The van der Waals surface area contributed by atoms with E-state index in [1.54, 1.807) is 24.3 Å². The Labute approximate surface area is 228 Å². The first kappa shape index (κ1) is 29.2. The smallest absolute Gasteiger partial charge is 0.369 e. The van der Waals surface area contributed by atoms with Crippen molar-refractivity contribution < 1.29 is 30.2 Å². The first-order valence-corrected chi connectivity index (χ1v) is 15.2. The fraction of sp³-hybridized carbons (Fsp3) is 0.280. The second-order valence-electron chi connectivity index (χ2n) is 8.71. The Morgan fingerprint density at radius 1 is 1.15 bits per heavy atom. The average Bonchev–Trinajstić information content (AvgIpc) is 2.89. The Morgan fingerprint density at radius 3 is 2.73 bits per heavy atom. The molecule has 1 aliphatic heterocycles. The van der Waals surface area contributed by atoms with Gasteiger partial charge in [0.1, 0.15) is 16.5 Å². The number of hydrogen-bond donors (Lipinski definition) is 4. The van der Waals surface area contributed by atoms with E-state index in [-0.39, 0.29) is 30.7 Å². The second-order valence-corrected chi connectivity index (χ2v) is 12.7. The van der Waals surface area contributed by atoms with Crippen LogP contribution in [-0.2, 0) is 25.9 Å². The normalized spacial score (nSPS) is 17.6. The van der Waals surface area contributed by atoms with E-state index in [1.165, 1.54) is 6.20 Å². The van der Waals surface area contributed by atoms with Gasteiger partial charge in [-0.1, -0.05) is 17.9 Å². The van der Waals surface area contributed by atoms with Gasteiger partial charge in [-0.05, 0) is 49.2 Å². The van der Waals surface area contributed by atoms with Gasteiger partial charge in [0.15, 0.2) is 0 Å². The maximum Gasteiger partial charge on any atom is 0.416 e. The van der Waals surface area contributed by atoms with E-state index in [2.05, 4.69) is 37.2 Å². The summed E-state index contributed by atoms with van der Waals surface area (Å²) in [6.45, 7) is 0.178. The van der Waals surface area contributed by atoms with Gasteiger partial charge in [0.2, 0.25) is 16.0 Å². The van der Waals surface area contributed by atoms with Gasteiger partial charge >= 0.3 is 6.18 Å². The van der Waals surface area contributed by atoms with E-state index in [1.807, 2.05) is 0 Å². The Morgan fingerprint density at radius 2 is 1.95 bits per heavy atom. The molecule has 1 atom stereocenters. The Balaban J connectivity index is 1.47. The van der Waals surface area contributed by atoms with Crippen LogP contribution in [0.1, 0.15) is 30.4 Å². The number of anilines is 3. The number of aromatic nitrogens is 2. The third-order valence-corrected chi connectivity index (χ3v) is 9.08. The Bertz CT molecular complexity index is 1680. The Hall–Kier alpha value is -3.74. The quantitative estimate of drug-likeness (QED) is 0.195. The van der Waals surface area contributed by atoms with E-state index < -0.39 is 42.2 Å². The van der Waals surface area contributed by atoms with Gasteiger partial charge in [0.25, 0.3) is 0 Å². The average molecular weight is 597 g/mol. The molecule has 15 heteroatoms. The highest BCUT2D eigenvalue weighted by molar-refractivity contribution is 7.92. The first-order valence-electron chi connectivity index (χ1n) is 11.9. The molecule has 4 bridgehead atoms. The molecule has 4 N–H and O–H groups in total. The predicted molar refractivity (Wildman–Crippen MR) is 142 cm³/mol.